The molecule has 157 valence electrons. The Hall–Kier alpha value is -3.56. The maximum absolute atomic E-state index is 12.2. The Morgan fingerprint density at radius 2 is 1.66 bits per heavy atom. The summed E-state index contributed by atoms with van der Waals surface area (Å²) in [7, 11) is 0. The van der Waals surface area contributed by atoms with Gasteiger partial charge in [-0.25, -0.2) is 0 Å². The molecule has 0 spiro atoms. The van der Waals surface area contributed by atoms with Crippen LogP contribution in [-0.4, -0.2) is 10.5 Å². The number of nitrogens with two attached hydrogens (primary N) is 1. The number of aryl methyl sites for hydroxylation is 2. The number of hydrogen-bond acceptors (Lipinski definition) is 1. The van der Waals surface area contributed by atoms with Crippen molar-refractivity contribution in [3.8, 4) is 11.1 Å². The first-order valence-electron chi connectivity index (χ1n) is 10.5. The fraction of sp³-hybridized carbons (Fsp3) is 0.107. The number of benzene rings is 4. The molecule has 1 radical (unpaired) electrons. The lowest BCUT2D eigenvalue weighted by Gasteiger charge is -2.11. The maximum Gasteiger partial charge on any atom is 0.249 e. The van der Waals surface area contributed by atoms with Crippen molar-refractivity contribution in [3.63, 3.8) is 0 Å². The van der Waals surface area contributed by atoms with E-state index in [1.54, 1.807) is 6.07 Å². The van der Waals surface area contributed by atoms with E-state index in [9.17, 15) is 4.79 Å². The van der Waals surface area contributed by atoms with Crippen molar-refractivity contribution in [2.24, 2.45) is 5.73 Å². The number of carbonyl (C=O) groups is 1. The zero-order valence-electron chi connectivity index (χ0n) is 17.9. The third kappa shape index (κ3) is 3.55. The monoisotopic (exact) mass is 437 g/mol. The van der Waals surface area contributed by atoms with Gasteiger partial charge in [-0.2, -0.15) is 0 Å². The van der Waals surface area contributed by atoms with E-state index in [1.807, 2.05) is 42.5 Å². The van der Waals surface area contributed by atoms with E-state index in [-0.39, 0.29) is 0 Å². The van der Waals surface area contributed by atoms with Crippen LogP contribution in [0.25, 0.3) is 32.9 Å². The van der Waals surface area contributed by atoms with Gasteiger partial charge in [-0.15, -0.1) is 0 Å². The van der Waals surface area contributed by atoms with Gasteiger partial charge in [0.05, 0.1) is 11.0 Å². The largest absolute Gasteiger partial charge is 0.366 e. The highest BCUT2D eigenvalue weighted by molar-refractivity contribution is 6.30. The molecule has 0 fully saturated rings. The van der Waals surface area contributed by atoms with Gasteiger partial charge in [0.1, 0.15) is 0 Å². The van der Waals surface area contributed by atoms with Gasteiger partial charge in [-0.3, -0.25) is 4.79 Å². The van der Waals surface area contributed by atoms with Crippen molar-refractivity contribution < 1.29 is 4.79 Å². The SMILES string of the molecule is Cc1cc(C)cc(Cn2c3cc(-c4ccc(Cl)cc4)c[c]c3c3c(C(N)=O)cccc32)c1. The Morgan fingerprint density at radius 1 is 0.938 bits per heavy atom. The fourth-order valence-electron chi connectivity index (χ4n) is 4.58. The van der Waals surface area contributed by atoms with E-state index in [0.29, 0.717) is 17.1 Å². The number of rotatable bonds is 4. The van der Waals surface area contributed by atoms with Gasteiger partial charge in [-0.1, -0.05) is 59.1 Å². The van der Waals surface area contributed by atoms with Crippen LogP contribution in [0.15, 0.2) is 72.8 Å². The highest BCUT2D eigenvalue weighted by Crippen LogP contribution is 2.35. The smallest absolute Gasteiger partial charge is 0.249 e. The molecule has 1 amide bonds. The van der Waals surface area contributed by atoms with Crippen LogP contribution in [0.4, 0.5) is 0 Å². The van der Waals surface area contributed by atoms with E-state index >= 15 is 0 Å². The quantitative estimate of drug-likeness (QED) is 0.335. The lowest BCUT2D eigenvalue weighted by molar-refractivity contribution is 0.100. The molecular weight excluding hydrogens is 416 g/mol. The lowest BCUT2D eigenvalue weighted by atomic mass is 10.0. The summed E-state index contributed by atoms with van der Waals surface area (Å²) in [6.45, 7) is 4.91. The van der Waals surface area contributed by atoms with Gasteiger partial charge in [0.2, 0.25) is 5.91 Å². The number of nitrogens with zero attached hydrogens (tertiary/aromatic N) is 1. The second-order valence-electron chi connectivity index (χ2n) is 8.30. The number of halogens is 1. The molecule has 2 N–H and O–H groups in total. The highest BCUT2D eigenvalue weighted by Gasteiger charge is 2.17. The standard InChI is InChI=1S/C28H22ClN2O/c1-17-12-18(2)14-19(13-17)16-31-25-5-3-4-24(28(30)32)27(25)23-11-8-21(15-26(23)31)20-6-9-22(29)10-7-20/h3-10,12-15H,16H2,1-2H3,(H2,30,32). The van der Waals surface area contributed by atoms with Crippen molar-refractivity contribution in [2.45, 2.75) is 20.4 Å². The summed E-state index contributed by atoms with van der Waals surface area (Å²) in [5, 5.41) is 2.45. The predicted octanol–water partition coefficient (Wildman–Crippen LogP) is 6.68. The number of hydrogen-bond donors (Lipinski definition) is 1. The molecule has 1 heterocycles. The number of fused-ring (bicyclic) bond motifs is 3. The van der Waals surface area contributed by atoms with Crippen molar-refractivity contribution in [3.05, 3.63) is 106 Å². The van der Waals surface area contributed by atoms with Crippen LogP contribution in [-0.2, 0) is 6.54 Å². The van der Waals surface area contributed by atoms with Gasteiger partial charge >= 0.3 is 0 Å². The minimum Gasteiger partial charge on any atom is -0.366 e. The van der Waals surface area contributed by atoms with Gasteiger partial charge in [0.25, 0.3) is 0 Å². The first-order valence-corrected chi connectivity index (χ1v) is 10.9. The van der Waals surface area contributed by atoms with Crippen molar-refractivity contribution in [1.82, 2.24) is 4.57 Å². The Balaban J connectivity index is 1.79. The van der Waals surface area contributed by atoms with E-state index < -0.39 is 5.91 Å². The predicted molar refractivity (Wildman–Crippen MR) is 132 cm³/mol. The fourth-order valence-corrected chi connectivity index (χ4v) is 4.71. The van der Waals surface area contributed by atoms with Crippen molar-refractivity contribution in [1.29, 1.82) is 0 Å². The zero-order valence-corrected chi connectivity index (χ0v) is 18.7. The van der Waals surface area contributed by atoms with Crippen LogP contribution in [0.3, 0.4) is 0 Å². The van der Waals surface area contributed by atoms with Crippen LogP contribution < -0.4 is 5.73 Å². The Labute approximate surface area is 192 Å². The molecule has 0 atom stereocenters. The minimum atomic E-state index is -0.434. The summed E-state index contributed by atoms with van der Waals surface area (Å²) < 4.78 is 2.25. The molecule has 0 unspecified atom stereocenters. The average molecular weight is 438 g/mol. The number of amides is 1. The molecule has 0 saturated heterocycles. The molecule has 32 heavy (non-hydrogen) atoms. The third-order valence-electron chi connectivity index (χ3n) is 5.86. The van der Waals surface area contributed by atoms with E-state index in [4.69, 9.17) is 17.3 Å². The summed E-state index contributed by atoms with van der Waals surface area (Å²) in [5.74, 6) is -0.434. The summed E-state index contributed by atoms with van der Waals surface area (Å²) in [6, 6.07) is 27.6. The summed E-state index contributed by atoms with van der Waals surface area (Å²) in [6.07, 6.45) is 0. The van der Waals surface area contributed by atoms with Crippen LogP contribution in [0.1, 0.15) is 27.0 Å². The Morgan fingerprint density at radius 3 is 2.34 bits per heavy atom. The van der Waals surface area contributed by atoms with E-state index in [2.05, 4.69) is 48.7 Å². The second kappa shape index (κ2) is 7.85. The molecule has 1 aromatic heterocycles. The molecule has 5 aromatic rings. The van der Waals surface area contributed by atoms with Crippen LogP contribution >= 0.6 is 11.6 Å². The lowest BCUT2D eigenvalue weighted by Crippen LogP contribution is -2.11. The topological polar surface area (TPSA) is 48.0 Å². The highest BCUT2D eigenvalue weighted by atomic mass is 35.5. The van der Waals surface area contributed by atoms with Crippen LogP contribution in [0, 0.1) is 19.9 Å². The Bertz CT molecular complexity index is 1480. The summed E-state index contributed by atoms with van der Waals surface area (Å²) in [5.41, 5.74) is 14.0. The van der Waals surface area contributed by atoms with Gasteiger partial charge in [-0.05, 0) is 73.0 Å². The Kier molecular flexibility index (Phi) is 4.99. The van der Waals surface area contributed by atoms with E-state index in [1.165, 1.54) is 16.7 Å². The molecule has 0 aliphatic heterocycles. The molecule has 0 aliphatic rings. The number of primary amides is 1. The molecule has 0 aliphatic carbocycles. The van der Waals surface area contributed by atoms with Crippen molar-refractivity contribution in [2.75, 3.05) is 0 Å². The summed E-state index contributed by atoms with van der Waals surface area (Å²) in [4.78, 5) is 12.2. The van der Waals surface area contributed by atoms with Gasteiger partial charge in [0.15, 0.2) is 0 Å². The molecule has 0 bridgehead atoms. The molecular formula is C28H22ClN2O. The van der Waals surface area contributed by atoms with E-state index in [0.717, 1.165) is 32.9 Å². The molecule has 0 saturated carbocycles. The third-order valence-corrected chi connectivity index (χ3v) is 6.11. The number of carbonyl (C=O) groups excluding carboxylic acids is 1. The number of aromatic nitrogens is 1. The zero-order chi connectivity index (χ0) is 22.4. The summed E-state index contributed by atoms with van der Waals surface area (Å²) >= 11 is 6.08. The molecule has 5 rings (SSSR count). The maximum atomic E-state index is 12.2. The first-order chi connectivity index (χ1) is 15.4. The molecule has 4 heteroatoms. The second-order valence-corrected chi connectivity index (χ2v) is 8.74. The van der Waals surface area contributed by atoms with Gasteiger partial charge in [0, 0.05) is 27.9 Å². The molecule has 4 aromatic carbocycles. The first kappa shape index (κ1) is 20.3. The van der Waals surface area contributed by atoms with Crippen LogP contribution in [0.2, 0.25) is 5.02 Å². The van der Waals surface area contributed by atoms with Gasteiger partial charge < -0.3 is 10.3 Å². The normalized spacial score (nSPS) is 11.3. The molecule has 3 nitrogen and oxygen atoms in total. The van der Waals surface area contributed by atoms with Crippen molar-refractivity contribution >= 4 is 39.3 Å². The van der Waals surface area contributed by atoms with Crippen LogP contribution in [0.5, 0.6) is 0 Å². The average Bonchev–Trinajstić information content (AvgIpc) is 3.06. The minimum absolute atomic E-state index is 0.434.